The molecule has 0 radical (unpaired) electrons. The topological polar surface area (TPSA) is 70.6 Å². The Morgan fingerprint density at radius 2 is 2.09 bits per heavy atom. The molecule has 0 spiro atoms. The fourth-order valence-corrected chi connectivity index (χ4v) is 3.24. The van der Waals surface area contributed by atoms with Crippen molar-refractivity contribution >= 4 is 22.4 Å². The zero-order chi connectivity index (χ0) is 16.1. The van der Waals surface area contributed by atoms with Gasteiger partial charge in [0.05, 0.1) is 0 Å². The number of thiazole rings is 1. The largest absolute Gasteiger partial charge is 0.370 e. The molecule has 7 heteroatoms. The lowest BCUT2D eigenvalue weighted by Gasteiger charge is -2.35. The summed E-state index contributed by atoms with van der Waals surface area (Å²) in [6.45, 7) is 6.34. The number of hydrogen-bond donors (Lipinski definition) is 1. The van der Waals surface area contributed by atoms with E-state index in [1.165, 1.54) is 5.56 Å². The van der Waals surface area contributed by atoms with E-state index >= 15 is 0 Å². The molecule has 1 fully saturated rings. The van der Waals surface area contributed by atoms with Crippen LogP contribution in [0.25, 0.3) is 0 Å². The quantitative estimate of drug-likeness (QED) is 0.680. The molecule has 6 nitrogen and oxygen atoms in total. The van der Waals surface area contributed by atoms with Crippen molar-refractivity contribution < 1.29 is 0 Å². The first kappa shape index (κ1) is 15.7. The zero-order valence-corrected chi connectivity index (χ0v) is 14.2. The molecule has 0 bridgehead atoms. The molecule has 1 aliphatic rings. The maximum atomic E-state index is 6.13. The van der Waals surface area contributed by atoms with Crippen LogP contribution in [0.5, 0.6) is 0 Å². The summed E-state index contributed by atoms with van der Waals surface area (Å²) in [6.07, 6.45) is 4.63. The van der Waals surface area contributed by atoms with Crippen LogP contribution in [-0.4, -0.2) is 53.6 Å². The van der Waals surface area contributed by atoms with Crippen molar-refractivity contribution in [2.24, 2.45) is 10.7 Å². The number of nitrogens with zero attached hydrogens (tertiary/aromatic N) is 5. The Morgan fingerprint density at radius 1 is 1.26 bits per heavy atom. The zero-order valence-electron chi connectivity index (χ0n) is 13.4. The van der Waals surface area contributed by atoms with Crippen molar-refractivity contribution in [3.8, 4) is 0 Å². The summed E-state index contributed by atoms with van der Waals surface area (Å²) in [5.41, 5.74) is 8.36. The molecule has 0 saturated carbocycles. The molecule has 122 valence electrons. The normalized spacial score (nSPS) is 16.0. The summed E-state index contributed by atoms with van der Waals surface area (Å²) in [7, 11) is 0. The van der Waals surface area contributed by atoms with E-state index < -0.39 is 0 Å². The van der Waals surface area contributed by atoms with Gasteiger partial charge in [0, 0.05) is 56.2 Å². The van der Waals surface area contributed by atoms with E-state index in [2.05, 4.69) is 30.8 Å². The molecule has 0 aromatic carbocycles. The minimum absolute atomic E-state index is 0.642. The number of guanidine groups is 1. The highest BCUT2D eigenvalue weighted by molar-refractivity contribution is 7.13. The molecule has 0 aliphatic carbocycles. The molecular formula is C16H22N6S. The van der Waals surface area contributed by atoms with E-state index in [9.17, 15) is 0 Å². The van der Waals surface area contributed by atoms with Crippen molar-refractivity contribution in [3.63, 3.8) is 0 Å². The minimum Gasteiger partial charge on any atom is -0.370 e. The molecule has 2 aromatic heterocycles. The summed E-state index contributed by atoms with van der Waals surface area (Å²) in [4.78, 5) is 17.6. The highest BCUT2D eigenvalue weighted by Crippen LogP contribution is 2.18. The van der Waals surface area contributed by atoms with Crippen LogP contribution in [0.15, 0.2) is 34.9 Å². The van der Waals surface area contributed by atoms with Crippen LogP contribution < -0.4 is 10.6 Å². The van der Waals surface area contributed by atoms with Gasteiger partial charge >= 0.3 is 0 Å². The first-order chi connectivity index (χ1) is 11.2. The summed E-state index contributed by atoms with van der Waals surface area (Å²) in [5.74, 6) is 0.642. The molecular weight excluding hydrogens is 308 g/mol. The number of rotatable bonds is 4. The maximum Gasteiger partial charge on any atom is 0.191 e. The summed E-state index contributed by atoms with van der Waals surface area (Å²) < 4.78 is 0. The number of anilines is 1. The third-order valence-corrected chi connectivity index (χ3v) is 4.77. The van der Waals surface area contributed by atoms with Crippen LogP contribution >= 0.6 is 11.3 Å². The molecule has 2 aromatic rings. The Labute approximate surface area is 140 Å². The van der Waals surface area contributed by atoms with Crippen molar-refractivity contribution in [2.75, 3.05) is 37.6 Å². The van der Waals surface area contributed by atoms with E-state index in [1.54, 1.807) is 11.3 Å². The SMILES string of the molecule is Cc1ccc(CCN=C(N)N2CCN(c3nccs3)CC2)cn1. The van der Waals surface area contributed by atoms with Crippen LogP contribution in [0.2, 0.25) is 0 Å². The van der Waals surface area contributed by atoms with E-state index in [0.717, 1.165) is 43.4 Å². The third-order valence-electron chi connectivity index (χ3n) is 3.94. The number of aryl methyl sites for hydroxylation is 1. The van der Waals surface area contributed by atoms with Crippen molar-refractivity contribution in [1.82, 2.24) is 14.9 Å². The van der Waals surface area contributed by atoms with Crippen LogP contribution in [-0.2, 0) is 6.42 Å². The molecule has 1 aliphatic heterocycles. The fraction of sp³-hybridized carbons (Fsp3) is 0.438. The summed E-state index contributed by atoms with van der Waals surface area (Å²) in [5, 5.41) is 3.10. The number of piperazine rings is 1. The second-order valence-electron chi connectivity index (χ2n) is 5.59. The molecule has 2 N–H and O–H groups in total. The molecule has 1 saturated heterocycles. The first-order valence-corrected chi connectivity index (χ1v) is 8.71. The number of nitrogens with two attached hydrogens (primary N) is 1. The van der Waals surface area contributed by atoms with E-state index in [4.69, 9.17) is 5.73 Å². The van der Waals surface area contributed by atoms with Gasteiger partial charge in [-0.1, -0.05) is 6.07 Å². The van der Waals surface area contributed by atoms with Gasteiger partial charge in [0.2, 0.25) is 0 Å². The number of hydrogen-bond acceptors (Lipinski definition) is 5. The van der Waals surface area contributed by atoms with Gasteiger partial charge in [0.25, 0.3) is 0 Å². The van der Waals surface area contributed by atoms with Gasteiger partial charge in [0.15, 0.2) is 11.1 Å². The van der Waals surface area contributed by atoms with Gasteiger partial charge in [-0.15, -0.1) is 11.3 Å². The Hall–Kier alpha value is -2.15. The van der Waals surface area contributed by atoms with Crippen LogP contribution in [0.1, 0.15) is 11.3 Å². The Balaban J connectivity index is 1.47. The van der Waals surface area contributed by atoms with Crippen molar-refractivity contribution in [1.29, 1.82) is 0 Å². The predicted octanol–water partition coefficient (Wildman–Crippen LogP) is 1.53. The lowest BCUT2D eigenvalue weighted by molar-refractivity contribution is 0.380. The average Bonchev–Trinajstić information content (AvgIpc) is 3.11. The molecule has 0 amide bonds. The molecule has 0 atom stereocenters. The van der Waals surface area contributed by atoms with Crippen LogP contribution in [0.4, 0.5) is 5.13 Å². The van der Waals surface area contributed by atoms with Crippen LogP contribution in [0.3, 0.4) is 0 Å². The predicted molar refractivity (Wildman–Crippen MR) is 95.1 cm³/mol. The summed E-state index contributed by atoms with van der Waals surface area (Å²) in [6, 6.07) is 4.13. The third kappa shape index (κ3) is 4.19. The number of aliphatic imine (C=N–C) groups is 1. The standard InChI is InChI=1S/C16H22N6S/c1-13-2-3-14(12-20-13)4-5-18-15(17)21-7-9-22(10-8-21)16-19-6-11-23-16/h2-3,6,11-12H,4-5,7-10H2,1H3,(H2,17,18). The maximum absolute atomic E-state index is 6.13. The highest BCUT2D eigenvalue weighted by atomic mass is 32.1. The number of aromatic nitrogens is 2. The van der Waals surface area contributed by atoms with E-state index in [0.29, 0.717) is 12.5 Å². The molecule has 0 unspecified atom stereocenters. The minimum atomic E-state index is 0.642. The Morgan fingerprint density at radius 3 is 2.74 bits per heavy atom. The van der Waals surface area contributed by atoms with E-state index in [-0.39, 0.29) is 0 Å². The summed E-state index contributed by atoms with van der Waals surface area (Å²) >= 11 is 1.68. The average molecular weight is 330 g/mol. The van der Waals surface area contributed by atoms with Gasteiger partial charge < -0.3 is 15.5 Å². The van der Waals surface area contributed by atoms with E-state index in [1.807, 2.05) is 30.8 Å². The van der Waals surface area contributed by atoms with Crippen LogP contribution in [0, 0.1) is 6.92 Å². The Kier molecular flexibility index (Phi) is 5.07. The fourth-order valence-electron chi connectivity index (χ4n) is 2.54. The molecule has 23 heavy (non-hydrogen) atoms. The lowest BCUT2D eigenvalue weighted by Crippen LogP contribution is -2.51. The Bertz CT molecular complexity index is 629. The highest BCUT2D eigenvalue weighted by Gasteiger charge is 2.19. The van der Waals surface area contributed by atoms with Gasteiger partial charge in [-0.3, -0.25) is 9.98 Å². The first-order valence-electron chi connectivity index (χ1n) is 7.83. The van der Waals surface area contributed by atoms with Gasteiger partial charge in [-0.05, 0) is 25.0 Å². The lowest BCUT2D eigenvalue weighted by atomic mass is 10.2. The monoisotopic (exact) mass is 330 g/mol. The van der Waals surface area contributed by atoms with Gasteiger partial charge in [-0.2, -0.15) is 0 Å². The van der Waals surface area contributed by atoms with Gasteiger partial charge in [0.1, 0.15) is 0 Å². The smallest absolute Gasteiger partial charge is 0.191 e. The van der Waals surface area contributed by atoms with Gasteiger partial charge in [-0.25, -0.2) is 4.98 Å². The van der Waals surface area contributed by atoms with Crippen molar-refractivity contribution in [3.05, 3.63) is 41.2 Å². The molecule has 3 rings (SSSR count). The second-order valence-corrected chi connectivity index (χ2v) is 6.46. The molecule has 3 heterocycles. The van der Waals surface area contributed by atoms with Crippen molar-refractivity contribution in [2.45, 2.75) is 13.3 Å². The number of pyridine rings is 1. The second kappa shape index (κ2) is 7.41.